The Balaban J connectivity index is 4.02. The second kappa shape index (κ2) is 9.13. The summed E-state index contributed by atoms with van der Waals surface area (Å²) in [7, 11) is -3.28. The summed E-state index contributed by atoms with van der Waals surface area (Å²) in [5.74, 6) is 0.332. The minimum atomic E-state index is -3.28. The molecule has 0 aromatic rings. The average Bonchev–Trinajstić information content (AvgIpc) is 2.27. The number of nitrogens with one attached hydrogen (secondary N) is 1. The van der Waals surface area contributed by atoms with Crippen LogP contribution in [0.2, 0.25) is 0 Å². The molecule has 0 rings (SSSR count). The van der Waals surface area contributed by atoms with Crippen molar-refractivity contribution in [2.24, 2.45) is 5.92 Å². The first-order valence-electron chi connectivity index (χ1n) is 6.55. The minimum absolute atomic E-state index is 0.0162. The summed E-state index contributed by atoms with van der Waals surface area (Å²) >= 11 is 6.18. The molecule has 0 bridgehead atoms. The highest BCUT2D eigenvalue weighted by Crippen LogP contribution is 2.17. The Labute approximate surface area is 116 Å². The molecular formula is C12H26ClNO3S. The largest absolute Gasteiger partial charge is 0.378 e. The van der Waals surface area contributed by atoms with Gasteiger partial charge in [-0.3, -0.25) is 0 Å². The lowest BCUT2D eigenvalue weighted by Gasteiger charge is -2.19. The van der Waals surface area contributed by atoms with Gasteiger partial charge in [0.05, 0.1) is 18.5 Å². The smallest absolute Gasteiger partial charge is 0.213 e. The standard InChI is InChI=1S/C12H26ClNO3S/c1-5-11(6-2)12(13)9-14-18(15,16)8-7-17-10(3)4/h10-12,14H,5-9H2,1-4H3. The van der Waals surface area contributed by atoms with Crippen molar-refractivity contribution < 1.29 is 13.2 Å². The molecule has 0 aliphatic heterocycles. The highest BCUT2D eigenvalue weighted by Gasteiger charge is 2.18. The van der Waals surface area contributed by atoms with Crippen LogP contribution < -0.4 is 4.72 Å². The van der Waals surface area contributed by atoms with Crippen molar-refractivity contribution in [3.8, 4) is 0 Å². The number of halogens is 1. The molecule has 0 fully saturated rings. The molecule has 18 heavy (non-hydrogen) atoms. The first-order chi connectivity index (χ1) is 8.32. The SMILES string of the molecule is CCC(CC)C(Cl)CNS(=O)(=O)CCOC(C)C. The summed E-state index contributed by atoms with van der Waals surface area (Å²) in [6, 6.07) is 0. The third-order valence-corrected chi connectivity index (χ3v) is 4.68. The van der Waals surface area contributed by atoms with Crippen LogP contribution >= 0.6 is 11.6 Å². The van der Waals surface area contributed by atoms with Crippen molar-refractivity contribution in [3.05, 3.63) is 0 Å². The van der Waals surface area contributed by atoms with Gasteiger partial charge in [0.15, 0.2) is 0 Å². The second-order valence-corrected chi connectivity index (χ2v) is 7.17. The molecule has 0 spiro atoms. The summed E-state index contributed by atoms with van der Waals surface area (Å²) in [6.45, 7) is 8.38. The van der Waals surface area contributed by atoms with Crippen molar-refractivity contribution in [1.29, 1.82) is 0 Å². The quantitative estimate of drug-likeness (QED) is 0.630. The van der Waals surface area contributed by atoms with Gasteiger partial charge in [0, 0.05) is 11.9 Å². The summed E-state index contributed by atoms with van der Waals surface area (Å²) in [6.07, 6.45) is 1.97. The predicted octanol–water partition coefficient (Wildman–Crippen LogP) is 2.37. The fourth-order valence-corrected chi connectivity index (χ4v) is 3.06. The maximum absolute atomic E-state index is 11.7. The van der Waals surface area contributed by atoms with Crippen LogP contribution in [-0.2, 0) is 14.8 Å². The summed E-state index contributed by atoms with van der Waals surface area (Å²) in [5, 5.41) is -0.152. The van der Waals surface area contributed by atoms with Crippen LogP contribution in [0.5, 0.6) is 0 Å². The van der Waals surface area contributed by atoms with E-state index >= 15 is 0 Å². The van der Waals surface area contributed by atoms with E-state index < -0.39 is 10.0 Å². The second-order valence-electron chi connectivity index (χ2n) is 4.68. The highest BCUT2D eigenvalue weighted by molar-refractivity contribution is 7.89. The van der Waals surface area contributed by atoms with Crippen molar-refractivity contribution in [2.45, 2.75) is 52.0 Å². The van der Waals surface area contributed by atoms with Gasteiger partial charge in [0.1, 0.15) is 0 Å². The Kier molecular flexibility index (Phi) is 9.21. The zero-order valence-corrected chi connectivity index (χ0v) is 13.4. The molecule has 0 amide bonds. The number of alkyl halides is 1. The fourth-order valence-electron chi connectivity index (χ4n) is 1.64. The molecule has 1 N–H and O–H groups in total. The molecule has 4 nitrogen and oxygen atoms in total. The number of hydrogen-bond acceptors (Lipinski definition) is 3. The number of sulfonamides is 1. The van der Waals surface area contributed by atoms with E-state index in [0.29, 0.717) is 5.92 Å². The van der Waals surface area contributed by atoms with Gasteiger partial charge >= 0.3 is 0 Å². The Bertz CT molecular complexity index is 302. The molecule has 0 aliphatic rings. The normalized spacial score (nSPS) is 14.4. The molecular weight excluding hydrogens is 274 g/mol. The van der Waals surface area contributed by atoms with E-state index in [0.717, 1.165) is 12.8 Å². The van der Waals surface area contributed by atoms with E-state index in [-0.39, 0.29) is 30.4 Å². The zero-order valence-electron chi connectivity index (χ0n) is 11.8. The van der Waals surface area contributed by atoms with Crippen LogP contribution in [0, 0.1) is 5.92 Å². The first-order valence-corrected chi connectivity index (χ1v) is 8.64. The topological polar surface area (TPSA) is 55.4 Å². The average molecular weight is 300 g/mol. The zero-order chi connectivity index (χ0) is 14.2. The first kappa shape index (κ1) is 18.2. The van der Waals surface area contributed by atoms with Gasteiger partial charge in [-0.1, -0.05) is 26.7 Å². The lowest BCUT2D eigenvalue weighted by atomic mass is 9.99. The van der Waals surface area contributed by atoms with E-state index in [1.54, 1.807) is 0 Å². The van der Waals surface area contributed by atoms with E-state index in [2.05, 4.69) is 18.6 Å². The summed E-state index contributed by atoms with van der Waals surface area (Å²) in [4.78, 5) is 0. The van der Waals surface area contributed by atoms with Crippen LogP contribution in [0.3, 0.4) is 0 Å². The van der Waals surface area contributed by atoms with Gasteiger partial charge < -0.3 is 4.74 Å². The van der Waals surface area contributed by atoms with E-state index in [4.69, 9.17) is 16.3 Å². The molecule has 6 heteroatoms. The van der Waals surface area contributed by atoms with Crippen LogP contribution in [0.4, 0.5) is 0 Å². The fraction of sp³-hybridized carbons (Fsp3) is 1.00. The lowest BCUT2D eigenvalue weighted by molar-refractivity contribution is 0.0911. The van der Waals surface area contributed by atoms with Crippen molar-refractivity contribution in [2.75, 3.05) is 18.9 Å². The Morgan fingerprint density at radius 2 is 1.78 bits per heavy atom. The lowest BCUT2D eigenvalue weighted by Crippen LogP contribution is -2.35. The maximum Gasteiger partial charge on any atom is 0.213 e. The Hall–Kier alpha value is 0.160. The van der Waals surface area contributed by atoms with Crippen LogP contribution in [-0.4, -0.2) is 38.8 Å². The molecule has 1 unspecified atom stereocenters. The van der Waals surface area contributed by atoms with Crippen LogP contribution in [0.25, 0.3) is 0 Å². The molecule has 0 aromatic heterocycles. The van der Waals surface area contributed by atoms with Gasteiger partial charge in [0.25, 0.3) is 0 Å². The minimum Gasteiger partial charge on any atom is -0.378 e. The summed E-state index contributed by atoms with van der Waals surface area (Å²) < 4.78 is 31.1. The third-order valence-electron chi connectivity index (χ3n) is 2.86. The van der Waals surface area contributed by atoms with Gasteiger partial charge in [-0.2, -0.15) is 0 Å². The molecule has 0 aromatic carbocycles. The molecule has 0 aliphatic carbocycles. The monoisotopic (exact) mass is 299 g/mol. The number of hydrogen-bond donors (Lipinski definition) is 1. The Morgan fingerprint density at radius 1 is 1.22 bits per heavy atom. The number of rotatable bonds is 10. The molecule has 1 atom stereocenters. The van der Waals surface area contributed by atoms with Crippen molar-refractivity contribution >= 4 is 21.6 Å². The molecule has 0 heterocycles. The van der Waals surface area contributed by atoms with E-state index in [1.807, 2.05) is 13.8 Å². The van der Waals surface area contributed by atoms with Gasteiger partial charge in [0.2, 0.25) is 10.0 Å². The Morgan fingerprint density at radius 3 is 2.22 bits per heavy atom. The molecule has 110 valence electrons. The van der Waals surface area contributed by atoms with Gasteiger partial charge in [-0.15, -0.1) is 11.6 Å². The highest BCUT2D eigenvalue weighted by atomic mass is 35.5. The van der Waals surface area contributed by atoms with Gasteiger partial charge in [-0.05, 0) is 19.8 Å². The van der Waals surface area contributed by atoms with Gasteiger partial charge in [-0.25, -0.2) is 13.1 Å². The molecule has 0 saturated heterocycles. The molecule has 0 radical (unpaired) electrons. The van der Waals surface area contributed by atoms with Crippen molar-refractivity contribution in [3.63, 3.8) is 0 Å². The number of ether oxygens (including phenoxy) is 1. The van der Waals surface area contributed by atoms with E-state index in [9.17, 15) is 8.42 Å². The molecule has 0 saturated carbocycles. The third kappa shape index (κ3) is 8.29. The van der Waals surface area contributed by atoms with Crippen LogP contribution in [0.15, 0.2) is 0 Å². The van der Waals surface area contributed by atoms with E-state index in [1.165, 1.54) is 0 Å². The predicted molar refractivity (Wildman–Crippen MR) is 76.6 cm³/mol. The summed E-state index contributed by atoms with van der Waals surface area (Å²) in [5.41, 5.74) is 0. The van der Waals surface area contributed by atoms with Crippen LogP contribution in [0.1, 0.15) is 40.5 Å². The van der Waals surface area contributed by atoms with Crippen molar-refractivity contribution in [1.82, 2.24) is 4.72 Å². The maximum atomic E-state index is 11.7.